The molecule has 0 atom stereocenters. The third kappa shape index (κ3) is 2.89. The van der Waals surface area contributed by atoms with E-state index in [-0.39, 0.29) is 6.23 Å². The first-order valence-electron chi connectivity index (χ1n) is 2.84. The van der Waals surface area contributed by atoms with E-state index in [2.05, 4.69) is 0 Å². The van der Waals surface area contributed by atoms with E-state index in [1.807, 2.05) is 6.07 Å². The van der Waals surface area contributed by atoms with Crippen LogP contribution in [0.1, 0.15) is 15.2 Å². The van der Waals surface area contributed by atoms with Gasteiger partial charge in [-0.2, -0.15) is 5.26 Å². The number of nitriles is 1. The molecule has 3 heteroatoms. The molecule has 0 aliphatic heterocycles. The molecule has 0 amide bonds. The van der Waals surface area contributed by atoms with Gasteiger partial charge in [-0.3, -0.25) is 4.18 Å². The van der Waals surface area contributed by atoms with Gasteiger partial charge >= 0.3 is 0 Å². The molecular formula is C5H9NOS. The highest BCUT2D eigenvalue weighted by molar-refractivity contribution is 7.93. The molecule has 0 N–H and O–H groups in total. The largest absolute Gasteiger partial charge is 0.295 e. The smallest absolute Gasteiger partial charge is 0.163 e. The zero-order valence-electron chi connectivity index (χ0n) is 5.97. The van der Waals surface area contributed by atoms with Crippen LogP contribution in [0.5, 0.6) is 0 Å². The Labute approximate surface area is 55.4 Å². The lowest BCUT2D eigenvalue weighted by Gasteiger charge is -2.11. The lowest BCUT2D eigenvalue weighted by molar-refractivity contribution is 0.209. The van der Waals surface area contributed by atoms with Crippen molar-refractivity contribution < 1.29 is 5.55 Å². The summed E-state index contributed by atoms with van der Waals surface area (Å²) in [6, 6.07) is 1.95. The van der Waals surface area contributed by atoms with Crippen LogP contribution in [-0.2, 0) is 4.18 Å². The van der Waals surface area contributed by atoms with E-state index in [1.165, 1.54) is 0 Å². The third-order valence-electron chi connectivity index (χ3n) is 0.537. The number of hydrogen-bond acceptors (Lipinski definition) is 3. The minimum absolute atomic E-state index is 0.130. The van der Waals surface area contributed by atoms with Crippen molar-refractivity contribution in [2.24, 2.45) is 0 Å². The van der Waals surface area contributed by atoms with Gasteiger partial charge in [0.1, 0.15) is 0 Å². The average molecular weight is 133 g/mol. The van der Waals surface area contributed by atoms with Crippen LogP contribution in [0, 0.1) is 11.3 Å². The van der Waals surface area contributed by atoms with Crippen LogP contribution in [0.4, 0.5) is 0 Å². The number of hydrogen-bond donors (Lipinski definition) is 0. The Morgan fingerprint density at radius 2 is 2.50 bits per heavy atom. The highest BCUT2D eigenvalue weighted by atomic mass is 32.2. The van der Waals surface area contributed by atoms with E-state index in [9.17, 15) is 0 Å². The van der Waals surface area contributed by atoms with Crippen LogP contribution in [0.2, 0.25) is 0 Å². The maximum Gasteiger partial charge on any atom is 0.163 e. The first-order chi connectivity index (χ1) is 4.12. The molecule has 0 spiro atoms. The summed E-state index contributed by atoms with van der Waals surface area (Å²) in [6.45, 7) is 3.32. The topological polar surface area (TPSA) is 33.0 Å². The monoisotopic (exact) mass is 133 g/mol. The lowest BCUT2D eigenvalue weighted by atomic mass is 10.2. The van der Waals surface area contributed by atoms with Gasteiger partial charge in [-0.25, -0.2) is 0 Å². The van der Waals surface area contributed by atoms with E-state index in [0.717, 1.165) is 12.0 Å². The molecule has 0 aromatic heterocycles. The standard InChI is InChI=1S/C5H9NOS/c1-5(2,4-6)7-8-3/h1-3H3/i3T. The molecule has 0 saturated heterocycles. The van der Waals surface area contributed by atoms with Gasteiger partial charge in [0.15, 0.2) is 5.60 Å². The quantitative estimate of drug-likeness (QED) is 0.536. The zero-order valence-corrected chi connectivity index (χ0v) is 5.79. The molecule has 8 heavy (non-hydrogen) atoms. The SMILES string of the molecule is [3H]CSOC(C)(C)C#N. The maximum atomic E-state index is 8.37. The molecule has 0 aliphatic carbocycles. The summed E-state index contributed by atoms with van der Waals surface area (Å²) in [5, 5.41) is 8.37. The predicted octanol–water partition coefficient (Wildman–Crippen LogP) is 1.58. The first kappa shape index (κ1) is 5.93. The fraction of sp³-hybridized carbons (Fsp3) is 0.800. The molecule has 0 fully saturated rings. The lowest BCUT2D eigenvalue weighted by Crippen LogP contribution is -2.17. The molecular weight excluding hydrogens is 122 g/mol. The van der Waals surface area contributed by atoms with E-state index >= 15 is 0 Å². The number of rotatable bonds is 2. The summed E-state index contributed by atoms with van der Waals surface area (Å²) in [6.07, 6.45) is 0.130. The van der Waals surface area contributed by atoms with Gasteiger partial charge in [-0.1, -0.05) is 0 Å². The van der Waals surface area contributed by atoms with Crippen molar-refractivity contribution in [3.05, 3.63) is 0 Å². The van der Waals surface area contributed by atoms with E-state index < -0.39 is 5.60 Å². The third-order valence-corrected chi connectivity index (χ3v) is 1.07. The van der Waals surface area contributed by atoms with Crippen molar-refractivity contribution >= 4 is 12.0 Å². The molecule has 0 radical (unpaired) electrons. The first-order valence-corrected chi connectivity index (χ1v) is 3.04. The second-order valence-electron chi connectivity index (χ2n) is 1.82. The molecule has 0 bridgehead atoms. The molecule has 0 saturated carbocycles. The Kier molecular flexibility index (Phi) is 2.19. The Hall–Kier alpha value is -0.200. The van der Waals surface area contributed by atoms with Crippen LogP contribution in [-0.4, -0.2) is 11.8 Å². The van der Waals surface area contributed by atoms with Gasteiger partial charge in [0.25, 0.3) is 0 Å². The summed E-state index contributed by atoms with van der Waals surface area (Å²) in [5.41, 5.74) is -0.758. The molecule has 0 aromatic carbocycles. The van der Waals surface area contributed by atoms with Gasteiger partial charge in [-0.05, 0) is 25.9 Å². The zero-order chi connectivity index (χ0) is 7.33. The fourth-order valence-electron chi connectivity index (χ4n) is 0.166. The van der Waals surface area contributed by atoms with Crippen LogP contribution >= 0.6 is 12.0 Å². The van der Waals surface area contributed by atoms with Gasteiger partial charge in [0, 0.05) is 7.60 Å². The van der Waals surface area contributed by atoms with Gasteiger partial charge in [0.2, 0.25) is 0 Å². The minimum atomic E-state index is -0.758. The normalized spacial score (nSPS) is 12.4. The summed E-state index contributed by atoms with van der Waals surface area (Å²) in [7, 11) is 0. The van der Waals surface area contributed by atoms with Crippen molar-refractivity contribution in [3.63, 3.8) is 0 Å². The highest BCUT2D eigenvalue weighted by Crippen LogP contribution is 2.13. The molecule has 0 rings (SSSR count). The average Bonchev–Trinajstić information content (AvgIpc) is 1.84. The Morgan fingerprint density at radius 1 is 1.88 bits per heavy atom. The molecule has 0 heterocycles. The summed E-state index contributed by atoms with van der Waals surface area (Å²) in [4.78, 5) is 0. The Morgan fingerprint density at radius 3 is 2.88 bits per heavy atom. The van der Waals surface area contributed by atoms with Gasteiger partial charge in [0.05, 0.1) is 6.07 Å². The van der Waals surface area contributed by atoms with Crippen LogP contribution in [0.25, 0.3) is 0 Å². The molecule has 0 aromatic rings. The van der Waals surface area contributed by atoms with E-state index in [4.69, 9.17) is 10.8 Å². The van der Waals surface area contributed by atoms with E-state index in [0.29, 0.717) is 0 Å². The molecule has 0 aliphatic rings. The van der Waals surface area contributed by atoms with Gasteiger partial charge in [-0.15, -0.1) is 0 Å². The van der Waals surface area contributed by atoms with Crippen LogP contribution < -0.4 is 0 Å². The second-order valence-corrected chi connectivity index (χ2v) is 2.23. The summed E-state index contributed by atoms with van der Waals surface area (Å²) in [5.74, 6) is 0. The van der Waals surface area contributed by atoms with Crippen molar-refractivity contribution in [1.82, 2.24) is 0 Å². The molecule has 46 valence electrons. The Bertz CT molecular complexity index is 121. The highest BCUT2D eigenvalue weighted by Gasteiger charge is 2.15. The summed E-state index contributed by atoms with van der Waals surface area (Å²) >= 11 is 0.984. The second kappa shape index (κ2) is 2.95. The van der Waals surface area contributed by atoms with Crippen molar-refractivity contribution in [2.75, 3.05) is 6.23 Å². The van der Waals surface area contributed by atoms with E-state index in [1.54, 1.807) is 13.8 Å². The predicted molar refractivity (Wildman–Crippen MR) is 34.3 cm³/mol. The minimum Gasteiger partial charge on any atom is -0.295 e. The maximum absolute atomic E-state index is 8.37. The van der Waals surface area contributed by atoms with Gasteiger partial charge < -0.3 is 0 Å². The molecule has 2 nitrogen and oxygen atoms in total. The fourth-order valence-corrected chi connectivity index (χ4v) is 0.498. The molecule has 0 unspecified atom stereocenters. The van der Waals surface area contributed by atoms with Crippen molar-refractivity contribution in [3.8, 4) is 6.07 Å². The van der Waals surface area contributed by atoms with Crippen molar-refractivity contribution in [2.45, 2.75) is 19.4 Å². The van der Waals surface area contributed by atoms with Crippen LogP contribution in [0.15, 0.2) is 0 Å². The Balaban J connectivity index is 3.49. The van der Waals surface area contributed by atoms with Crippen LogP contribution in [0.3, 0.4) is 0 Å². The van der Waals surface area contributed by atoms with Crippen molar-refractivity contribution in [1.29, 1.82) is 5.26 Å². The summed E-state index contributed by atoms with van der Waals surface area (Å²) < 4.78 is 11.6. The number of nitrogens with zero attached hydrogens (tertiary/aromatic N) is 1.